The maximum Gasteiger partial charge on any atom is 0.159 e. The zero-order valence-electron chi connectivity index (χ0n) is 14.2. The summed E-state index contributed by atoms with van der Waals surface area (Å²) in [6.07, 6.45) is 1.41. The van der Waals surface area contributed by atoms with Crippen LogP contribution in [0.5, 0.6) is 5.75 Å². The van der Waals surface area contributed by atoms with E-state index in [4.69, 9.17) is 33.7 Å². The number of aryl methyl sites for hydroxylation is 1. The van der Waals surface area contributed by atoms with E-state index in [1.165, 1.54) is 6.33 Å². The maximum absolute atomic E-state index is 6.23. The summed E-state index contributed by atoms with van der Waals surface area (Å²) in [7, 11) is 1.61. The van der Waals surface area contributed by atoms with Crippen molar-refractivity contribution in [3.63, 3.8) is 0 Å². The van der Waals surface area contributed by atoms with E-state index >= 15 is 0 Å². The molecule has 0 amide bonds. The Labute approximate surface area is 161 Å². The van der Waals surface area contributed by atoms with E-state index in [0.717, 1.165) is 11.3 Å². The van der Waals surface area contributed by atoms with Crippen LogP contribution < -0.4 is 21.1 Å². The third kappa shape index (κ3) is 4.09. The highest BCUT2D eigenvalue weighted by molar-refractivity contribution is 6.35. The van der Waals surface area contributed by atoms with E-state index in [1.54, 1.807) is 25.3 Å². The molecule has 0 atom stereocenters. The van der Waals surface area contributed by atoms with Gasteiger partial charge in [-0.3, -0.25) is 0 Å². The summed E-state index contributed by atoms with van der Waals surface area (Å²) in [5.41, 5.74) is 9.09. The summed E-state index contributed by atoms with van der Waals surface area (Å²) in [6, 6.07) is 10.9. The molecule has 0 unspecified atom stereocenters. The fourth-order valence-corrected chi connectivity index (χ4v) is 2.93. The number of nitrogens with two attached hydrogens (primary N) is 1. The van der Waals surface area contributed by atoms with Gasteiger partial charge >= 0.3 is 0 Å². The lowest BCUT2D eigenvalue weighted by molar-refractivity contribution is 0.416. The van der Waals surface area contributed by atoms with Crippen molar-refractivity contribution in [1.82, 2.24) is 9.97 Å². The third-order valence-corrected chi connectivity index (χ3v) is 4.05. The average molecular weight is 390 g/mol. The van der Waals surface area contributed by atoms with Gasteiger partial charge in [0.25, 0.3) is 0 Å². The molecule has 4 N–H and O–H groups in total. The van der Waals surface area contributed by atoms with Crippen LogP contribution in [0.1, 0.15) is 5.56 Å². The van der Waals surface area contributed by atoms with Gasteiger partial charge in [0.05, 0.1) is 12.8 Å². The predicted molar refractivity (Wildman–Crippen MR) is 107 cm³/mol. The summed E-state index contributed by atoms with van der Waals surface area (Å²) in [5.74, 6) is 1.58. The Bertz CT molecular complexity index is 929. The maximum atomic E-state index is 6.23. The average Bonchev–Trinajstić information content (AvgIpc) is 2.58. The van der Waals surface area contributed by atoms with E-state index < -0.39 is 0 Å². The molecule has 0 aliphatic carbocycles. The number of rotatable bonds is 5. The van der Waals surface area contributed by atoms with Crippen LogP contribution in [-0.4, -0.2) is 17.1 Å². The molecular formula is C18H17Cl2N5O. The molecule has 0 fully saturated rings. The van der Waals surface area contributed by atoms with Crippen molar-refractivity contribution < 1.29 is 4.74 Å². The van der Waals surface area contributed by atoms with Gasteiger partial charge in [0.1, 0.15) is 17.8 Å². The van der Waals surface area contributed by atoms with Crippen molar-refractivity contribution in [3.05, 3.63) is 58.3 Å². The van der Waals surface area contributed by atoms with Crippen molar-refractivity contribution >= 4 is 51.9 Å². The summed E-state index contributed by atoms with van der Waals surface area (Å²) < 4.78 is 5.37. The van der Waals surface area contributed by atoms with Gasteiger partial charge in [-0.25, -0.2) is 9.97 Å². The monoisotopic (exact) mass is 389 g/mol. The largest absolute Gasteiger partial charge is 0.495 e. The molecule has 3 rings (SSSR count). The molecule has 0 aliphatic rings. The van der Waals surface area contributed by atoms with Gasteiger partial charge in [-0.05, 0) is 42.8 Å². The lowest BCUT2D eigenvalue weighted by Gasteiger charge is -2.15. The molecule has 0 saturated carbocycles. The van der Waals surface area contributed by atoms with Gasteiger partial charge in [0.2, 0.25) is 0 Å². The minimum absolute atomic E-state index is 0.354. The van der Waals surface area contributed by atoms with Crippen molar-refractivity contribution in [2.75, 3.05) is 23.5 Å². The molecule has 0 saturated heterocycles. The molecule has 1 heterocycles. The molecular weight excluding hydrogens is 373 g/mol. The van der Waals surface area contributed by atoms with Crippen LogP contribution in [0.15, 0.2) is 42.7 Å². The number of anilines is 5. The SMILES string of the molecule is COc1ccc(C)cc1Nc1ncnc(Nc2cc(Cl)cc(Cl)c2)c1N. The van der Waals surface area contributed by atoms with E-state index in [2.05, 4.69) is 20.6 Å². The minimum atomic E-state index is 0.354. The smallest absolute Gasteiger partial charge is 0.159 e. The lowest BCUT2D eigenvalue weighted by Crippen LogP contribution is -2.06. The van der Waals surface area contributed by atoms with Crippen LogP contribution in [0.25, 0.3) is 0 Å². The number of ether oxygens (including phenoxy) is 1. The Hall–Kier alpha value is -2.70. The first kappa shape index (κ1) is 18.1. The minimum Gasteiger partial charge on any atom is -0.495 e. The number of nitrogens with zero attached hydrogens (tertiary/aromatic N) is 2. The number of halogens is 2. The highest BCUT2D eigenvalue weighted by Gasteiger charge is 2.12. The van der Waals surface area contributed by atoms with Crippen LogP contribution >= 0.6 is 23.2 Å². The molecule has 26 heavy (non-hydrogen) atoms. The first-order valence-electron chi connectivity index (χ1n) is 7.71. The van der Waals surface area contributed by atoms with Gasteiger partial charge in [0.15, 0.2) is 11.6 Å². The molecule has 0 spiro atoms. The van der Waals surface area contributed by atoms with Gasteiger partial charge in [-0.15, -0.1) is 0 Å². The summed E-state index contributed by atoms with van der Waals surface area (Å²) in [4.78, 5) is 8.41. The first-order valence-corrected chi connectivity index (χ1v) is 8.47. The summed E-state index contributed by atoms with van der Waals surface area (Å²) in [5, 5.41) is 7.31. The number of hydrogen-bond acceptors (Lipinski definition) is 6. The van der Waals surface area contributed by atoms with Crippen LogP contribution in [0.3, 0.4) is 0 Å². The number of methoxy groups -OCH3 is 1. The summed E-state index contributed by atoms with van der Waals surface area (Å²) in [6.45, 7) is 1.99. The van der Waals surface area contributed by atoms with Gasteiger partial charge in [0, 0.05) is 15.7 Å². The zero-order chi connectivity index (χ0) is 18.7. The molecule has 0 aliphatic heterocycles. The normalized spacial score (nSPS) is 10.5. The Morgan fingerprint density at radius 3 is 2.27 bits per heavy atom. The number of nitrogens with one attached hydrogen (secondary N) is 2. The molecule has 0 radical (unpaired) electrons. The quantitative estimate of drug-likeness (QED) is 0.557. The topological polar surface area (TPSA) is 85.1 Å². The van der Waals surface area contributed by atoms with E-state index in [-0.39, 0.29) is 0 Å². The van der Waals surface area contributed by atoms with Crippen LogP contribution in [0, 0.1) is 6.92 Å². The van der Waals surface area contributed by atoms with Crippen LogP contribution in [0.4, 0.5) is 28.7 Å². The van der Waals surface area contributed by atoms with E-state index in [1.807, 2.05) is 25.1 Å². The van der Waals surface area contributed by atoms with Crippen molar-refractivity contribution in [1.29, 1.82) is 0 Å². The van der Waals surface area contributed by atoms with Crippen molar-refractivity contribution in [2.24, 2.45) is 0 Å². The standard InChI is InChI=1S/C18H17Cl2N5O/c1-10-3-4-15(26-2)14(5-10)25-18-16(21)17(22-9-23-18)24-13-7-11(19)6-12(20)8-13/h3-9H,21H2,1-2H3,(H2,22,23,24,25). The number of aromatic nitrogens is 2. The van der Waals surface area contributed by atoms with Gasteiger partial charge < -0.3 is 21.1 Å². The highest BCUT2D eigenvalue weighted by atomic mass is 35.5. The Morgan fingerprint density at radius 1 is 0.962 bits per heavy atom. The second-order valence-corrected chi connectivity index (χ2v) is 6.47. The van der Waals surface area contributed by atoms with Gasteiger partial charge in [-0.2, -0.15) is 0 Å². The third-order valence-electron chi connectivity index (χ3n) is 3.62. The lowest BCUT2D eigenvalue weighted by atomic mass is 10.2. The number of benzene rings is 2. The number of nitrogen functional groups attached to an aromatic ring is 1. The fraction of sp³-hybridized carbons (Fsp3) is 0.111. The Balaban J connectivity index is 1.91. The molecule has 8 heteroatoms. The second-order valence-electron chi connectivity index (χ2n) is 5.60. The number of hydrogen-bond donors (Lipinski definition) is 3. The first-order chi connectivity index (χ1) is 12.5. The van der Waals surface area contributed by atoms with Gasteiger partial charge in [-0.1, -0.05) is 29.3 Å². The second kappa shape index (κ2) is 7.68. The molecule has 134 valence electrons. The molecule has 1 aromatic heterocycles. The van der Waals surface area contributed by atoms with E-state index in [9.17, 15) is 0 Å². The van der Waals surface area contributed by atoms with Crippen molar-refractivity contribution in [2.45, 2.75) is 6.92 Å². The molecule has 3 aromatic rings. The van der Waals surface area contributed by atoms with Crippen molar-refractivity contribution in [3.8, 4) is 5.75 Å². The summed E-state index contributed by atoms with van der Waals surface area (Å²) >= 11 is 12.1. The van der Waals surface area contributed by atoms with E-state index in [0.29, 0.717) is 38.8 Å². The fourth-order valence-electron chi connectivity index (χ4n) is 2.40. The zero-order valence-corrected chi connectivity index (χ0v) is 15.7. The Kier molecular flexibility index (Phi) is 5.35. The Morgan fingerprint density at radius 2 is 1.62 bits per heavy atom. The predicted octanol–water partition coefficient (Wildman–Crippen LogP) is 5.17. The molecule has 6 nitrogen and oxygen atoms in total. The van der Waals surface area contributed by atoms with Crippen LogP contribution in [-0.2, 0) is 0 Å². The molecule has 0 bridgehead atoms. The molecule has 2 aromatic carbocycles. The van der Waals surface area contributed by atoms with Crippen LogP contribution in [0.2, 0.25) is 10.0 Å². The highest BCUT2D eigenvalue weighted by Crippen LogP contribution is 2.33.